The lowest BCUT2D eigenvalue weighted by atomic mass is 9.97. The Labute approximate surface area is 106 Å². The molecule has 4 heteroatoms. The van der Waals surface area contributed by atoms with Crippen LogP contribution in [-0.4, -0.2) is 17.4 Å². The van der Waals surface area contributed by atoms with E-state index in [1.165, 1.54) is 43.2 Å². The topological polar surface area (TPSA) is 62.0 Å². The predicted octanol–water partition coefficient (Wildman–Crippen LogP) is 2.00. The van der Waals surface area contributed by atoms with Crippen LogP contribution in [0.5, 0.6) is 0 Å². The van der Waals surface area contributed by atoms with E-state index in [-0.39, 0.29) is 11.5 Å². The molecule has 1 aliphatic rings. The summed E-state index contributed by atoms with van der Waals surface area (Å²) in [5, 5.41) is 2.86. The molecule has 0 unspecified atom stereocenters. The first-order chi connectivity index (χ1) is 8.75. The van der Waals surface area contributed by atoms with E-state index in [4.69, 9.17) is 0 Å². The maximum Gasteiger partial charge on any atom is 0.252 e. The summed E-state index contributed by atoms with van der Waals surface area (Å²) in [5.74, 6) is -0.136. The monoisotopic (exact) mass is 246 g/mol. The summed E-state index contributed by atoms with van der Waals surface area (Å²) in [7, 11) is 0. The minimum absolute atomic E-state index is 0.136. The van der Waals surface area contributed by atoms with Gasteiger partial charge in [0, 0.05) is 18.8 Å². The van der Waals surface area contributed by atoms with Crippen molar-refractivity contribution in [3.63, 3.8) is 0 Å². The molecule has 0 aliphatic heterocycles. The third-order valence-corrected chi connectivity index (χ3v) is 3.16. The summed E-state index contributed by atoms with van der Waals surface area (Å²) in [6.07, 6.45) is 9.53. The van der Waals surface area contributed by atoms with Gasteiger partial charge in [0.25, 0.3) is 5.91 Å². The Hall–Kier alpha value is -1.84. The van der Waals surface area contributed by atoms with Crippen molar-refractivity contribution in [2.75, 3.05) is 6.54 Å². The normalized spacial score (nSPS) is 15.0. The number of amides is 1. The lowest BCUT2D eigenvalue weighted by Gasteiger charge is -2.12. The Kier molecular flexibility index (Phi) is 4.34. The first-order valence-corrected chi connectivity index (χ1v) is 6.40. The molecule has 18 heavy (non-hydrogen) atoms. The van der Waals surface area contributed by atoms with Crippen LogP contribution in [0.2, 0.25) is 0 Å². The third-order valence-electron chi connectivity index (χ3n) is 3.16. The van der Waals surface area contributed by atoms with Crippen LogP contribution in [0.3, 0.4) is 0 Å². The van der Waals surface area contributed by atoms with Gasteiger partial charge in [-0.1, -0.05) is 11.6 Å². The van der Waals surface area contributed by atoms with Crippen molar-refractivity contribution in [1.82, 2.24) is 10.3 Å². The zero-order valence-electron chi connectivity index (χ0n) is 10.4. The molecular formula is C14H18N2O2. The molecule has 1 amide bonds. The summed E-state index contributed by atoms with van der Waals surface area (Å²) in [5.41, 5.74) is 1.74. The first kappa shape index (κ1) is 12.6. The molecule has 0 atom stereocenters. The Morgan fingerprint density at radius 2 is 2.22 bits per heavy atom. The Bertz CT molecular complexity index is 482. The van der Waals surface area contributed by atoms with Gasteiger partial charge in [-0.2, -0.15) is 0 Å². The van der Waals surface area contributed by atoms with Crippen LogP contribution in [0.15, 0.2) is 34.8 Å². The average molecular weight is 246 g/mol. The van der Waals surface area contributed by atoms with Crippen LogP contribution in [0.25, 0.3) is 0 Å². The van der Waals surface area contributed by atoms with Gasteiger partial charge in [-0.25, -0.2) is 0 Å². The molecule has 0 aromatic carbocycles. The second kappa shape index (κ2) is 6.19. The fraction of sp³-hybridized carbons (Fsp3) is 0.429. The van der Waals surface area contributed by atoms with E-state index in [1.54, 1.807) is 0 Å². The molecule has 1 aromatic rings. The molecule has 0 bridgehead atoms. The highest BCUT2D eigenvalue weighted by molar-refractivity contribution is 5.93. The van der Waals surface area contributed by atoms with Crippen molar-refractivity contribution >= 4 is 5.91 Å². The van der Waals surface area contributed by atoms with Crippen LogP contribution in [0.4, 0.5) is 0 Å². The van der Waals surface area contributed by atoms with Crippen molar-refractivity contribution in [2.45, 2.75) is 32.1 Å². The van der Waals surface area contributed by atoms with Crippen molar-refractivity contribution in [3.8, 4) is 0 Å². The molecule has 0 saturated carbocycles. The number of H-pyrrole nitrogens is 1. The molecule has 96 valence electrons. The average Bonchev–Trinajstić information content (AvgIpc) is 2.40. The van der Waals surface area contributed by atoms with E-state index in [0.717, 1.165) is 12.8 Å². The van der Waals surface area contributed by atoms with Gasteiger partial charge in [0.05, 0.1) is 5.56 Å². The zero-order valence-corrected chi connectivity index (χ0v) is 10.4. The Balaban J connectivity index is 1.79. The maximum absolute atomic E-state index is 11.7. The number of aromatic amines is 1. The number of hydrogen-bond acceptors (Lipinski definition) is 2. The highest BCUT2D eigenvalue weighted by Gasteiger charge is 2.06. The smallest absolute Gasteiger partial charge is 0.252 e. The van der Waals surface area contributed by atoms with Crippen LogP contribution in [0.1, 0.15) is 42.5 Å². The van der Waals surface area contributed by atoms with Crippen LogP contribution in [-0.2, 0) is 0 Å². The molecule has 0 fully saturated rings. The largest absolute Gasteiger partial charge is 0.352 e. The summed E-state index contributed by atoms with van der Waals surface area (Å²) in [6, 6.07) is 2.90. The first-order valence-electron chi connectivity index (χ1n) is 6.40. The number of allylic oxidation sites excluding steroid dienone is 1. The van der Waals surface area contributed by atoms with Crippen molar-refractivity contribution in [3.05, 3.63) is 45.9 Å². The molecule has 4 nitrogen and oxygen atoms in total. The van der Waals surface area contributed by atoms with E-state index < -0.39 is 0 Å². The standard InChI is InChI=1S/C14H18N2O2/c17-13-7-6-12(10-16-13)14(18)15-9-8-11-4-2-1-3-5-11/h4,6-7,10H,1-3,5,8-9H2,(H,15,18)(H,16,17). The minimum Gasteiger partial charge on any atom is -0.352 e. The molecule has 0 radical (unpaired) electrons. The molecule has 0 spiro atoms. The number of nitrogens with one attached hydrogen (secondary N) is 2. The lowest BCUT2D eigenvalue weighted by molar-refractivity contribution is 0.0953. The van der Waals surface area contributed by atoms with Crippen molar-refractivity contribution in [2.24, 2.45) is 0 Å². The molecule has 2 rings (SSSR count). The number of carbonyl (C=O) groups excluding carboxylic acids is 1. The minimum atomic E-state index is -0.195. The SMILES string of the molecule is O=C(NCCC1=CCCCC1)c1ccc(=O)[nH]c1. The van der Waals surface area contributed by atoms with Gasteiger partial charge in [0.15, 0.2) is 0 Å². The van der Waals surface area contributed by atoms with Gasteiger partial charge in [-0.3, -0.25) is 9.59 Å². The summed E-state index contributed by atoms with van der Waals surface area (Å²) < 4.78 is 0. The van der Waals surface area contributed by atoms with E-state index in [1.807, 2.05) is 0 Å². The van der Waals surface area contributed by atoms with Gasteiger partial charge < -0.3 is 10.3 Å². The quantitative estimate of drug-likeness (QED) is 0.798. The van der Waals surface area contributed by atoms with E-state index in [2.05, 4.69) is 16.4 Å². The third kappa shape index (κ3) is 3.58. The van der Waals surface area contributed by atoms with Crippen molar-refractivity contribution in [1.29, 1.82) is 0 Å². The second-order valence-electron chi connectivity index (χ2n) is 4.56. The van der Waals surface area contributed by atoms with Crippen molar-refractivity contribution < 1.29 is 4.79 Å². The van der Waals surface area contributed by atoms with Gasteiger partial charge in [0.2, 0.25) is 5.56 Å². The highest BCUT2D eigenvalue weighted by Crippen LogP contribution is 2.19. The Morgan fingerprint density at radius 3 is 2.89 bits per heavy atom. The van der Waals surface area contributed by atoms with E-state index in [0.29, 0.717) is 12.1 Å². The van der Waals surface area contributed by atoms with Gasteiger partial charge in [-0.05, 0) is 38.2 Å². The lowest BCUT2D eigenvalue weighted by Crippen LogP contribution is -2.25. The summed E-state index contributed by atoms with van der Waals surface area (Å²) in [6.45, 7) is 0.657. The zero-order chi connectivity index (χ0) is 12.8. The van der Waals surface area contributed by atoms with Gasteiger partial charge in [-0.15, -0.1) is 0 Å². The van der Waals surface area contributed by atoms with Crippen LogP contribution < -0.4 is 10.9 Å². The fourth-order valence-electron chi connectivity index (χ4n) is 2.12. The highest BCUT2D eigenvalue weighted by atomic mass is 16.1. The number of rotatable bonds is 4. The van der Waals surface area contributed by atoms with E-state index in [9.17, 15) is 9.59 Å². The summed E-state index contributed by atoms with van der Waals surface area (Å²) in [4.78, 5) is 25.1. The van der Waals surface area contributed by atoms with E-state index >= 15 is 0 Å². The second-order valence-corrected chi connectivity index (χ2v) is 4.56. The molecule has 1 heterocycles. The summed E-state index contributed by atoms with van der Waals surface area (Å²) >= 11 is 0. The molecule has 1 aliphatic carbocycles. The number of hydrogen-bond donors (Lipinski definition) is 2. The maximum atomic E-state index is 11.7. The fourth-order valence-corrected chi connectivity index (χ4v) is 2.12. The van der Waals surface area contributed by atoms with Crippen LogP contribution >= 0.6 is 0 Å². The molecular weight excluding hydrogens is 228 g/mol. The van der Waals surface area contributed by atoms with Gasteiger partial charge in [0.1, 0.15) is 0 Å². The molecule has 1 aromatic heterocycles. The Morgan fingerprint density at radius 1 is 1.33 bits per heavy atom. The number of pyridine rings is 1. The molecule has 2 N–H and O–H groups in total. The predicted molar refractivity (Wildman–Crippen MR) is 70.6 cm³/mol. The number of aromatic nitrogens is 1. The number of carbonyl (C=O) groups is 1. The van der Waals surface area contributed by atoms with Gasteiger partial charge >= 0.3 is 0 Å². The van der Waals surface area contributed by atoms with Crippen LogP contribution in [0, 0.1) is 0 Å². The molecule has 0 saturated heterocycles.